The number of allylic oxidation sites excluding steroid dienone is 3. The minimum Gasteiger partial charge on any atom is -0.294 e. The Bertz CT molecular complexity index is 391. The molecule has 0 radical (unpaired) electrons. The van der Waals surface area contributed by atoms with Crippen molar-refractivity contribution in [3.63, 3.8) is 0 Å². The number of nitrogens with zero attached hydrogens (tertiary/aromatic N) is 1. The van der Waals surface area contributed by atoms with Crippen LogP contribution in [0.15, 0.2) is 29.3 Å². The molecule has 1 heteroatoms. The molecule has 2 aliphatic rings. The summed E-state index contributed by atoms with van der Waals surface area (Å²) in [6.07, 6.45) is 28.0. The minimum absolute atomic E-state index is 0.648. The Kier molecular flexibility index (Phi) is 8.71. The molecule has 0 spiro atoms. The van der Waals surface area contributed by atoms with E-state index in [9.17, 15) is 0 Å². The molecule has 0 atom stereocenters. The van der Waals surface area contributed by atoms with Crippen LogP contribution in [-0.4, -0.2) is 12.3 Å². The van der Waals surface area contributed by atoms with Crippen LogP contribution in [0.5, 0.6) is 0 Å². The highest BCUT2D eigenvalue weighted by Gasteiger charge is 2.30. The third-order valence-corrected chi connectivity index (χ3v) is 5.70. The molecule has 0 bridgehead atoms. The summed E-state index contributed by atoms with van der Waals surface area (Å²) in [4.78, 5) is 4.96. The van der Waals surface area contributed by atoms with Crippen LogP contribution in [0.3, 0.4) is 0 Å². The van der Waals surface area contributed by atoms with E-state index in [2.05, 4.69) is 31.2 Å². The Balaban J connectivity index is 1.91. The lowest BCUT2D eigenvalue weighted by Crippen LogP contribution is -2.25. The first-order valence-corrected chi connectivity index (χ1v) is 10.2. The Hall–Kier alpha value is -0.850. The van der Waals surface area contributed by atoms with E-state index >= 15 is 0 Å². The van der Waals surface area contributed by atoms with Crippen molar-refractivity contribution >= 4 is 5.71 Å². The maximum atomic E-state index is 4.96. The second-order valence-electron chi connectivity index (χ2n) is 7.61. The van der Waals surface area contributed by atoms with Crippen molar-refractivity contribution in [2.45, 2.75) is 96.8 Å². The fourth-order valence-electron chi connectivity index (χ4n) is 4.36. The second kappa shape index (κ2) is 10.8. The van der Waals surface area contributed by atoms with Gasteiger partial charge in [0.15, 0.2) is 0 Å². The highest BCUT2D eigenvalue weighted by Crippen LogP contribution is 2.44. The van der Waals surface area contributed by atoms with Crippen LogP contribution < -0.4 is 0 Å². The Labute approximate surface area is 144 Å². The maximum absolute atomic E-state index is 4.96. The van der Waals surface area contributed by atoms with Gasteiger partial charge in [-0.2, -0.15) is 0 Å². The third-order valence-electron chi connectivity index (χ3n) is 5.70. The fourth-order valence-corrected chi connectivity index (χ4v) is 4.36. The van der Waals surface area contributed by atoms with E-state index in [0.717, 1.165) is 13.0 Å². The summed E-state index contributed by atoms with van der Waals surface area (Å²) in [5.41, 5.74) is 2.14. The van der Waals surface area contributed by atoms with Crippen molar-refractivity contribution in [2.75, 3.05) is 6.54 Å². The van der Waals surface area contributed by atoms with Gasteiger partial charge in [-0.25, -0.2) is 0 Å². The summed E-state index contributed by atoms with van der Waals surface area (Å²) in [6.45, 7) is 3.36. The van der Waals surface area contributed by atoms with E-state index in [-0.39, 0.29) is 0 Å². The van der Waals surface area contributed by atoms with Crippen molar-refractivity contribution in [3.05, 3.63) is 24.3 Å². The molecule has 1 fully saturated rings. The zero-order chi connectivity index (χ0) is 16.2. The van der Waals surface area contributed by atoms with Crippen molar-refractivity contribution in [1.29, 1.82) is 0 Å². The molecule has 0 amide bonds. The van der Waals surface area contributed by atoms with E-state index in [1.165, 1.54) is 89.2 Å². The van der Waals surface area contributed by atoms with Crippen molar-refractivity contribution in [1.82, 2.24) is 0 Å². The third kappa shape index (κ3) is 7.06. The van der Waals surface area contributed by atoms with Crippen LogP contribution in [-0.2, 0) is 0 Å². The molecular weight excluding hydrogens is 278 g/mol. The molecule has 0 aromatic heterocycles. The van der Waals surface area contributed by atoms with Crippen LogP contribution in [0.2, 0.25) is 0 Å². The van der Waals surface area contributed by atoms with Crippen LogP contribution in [0.25, 0.3) is 0 Å². The lowest BCUT2D eigenvalue weighted by molar-refractivity contribution is 0.158. The van der Waals surface area contributed by atoms with E-state index < -0.39 is 0 Å². The Morgan fingerprint density at radius 3 is 2.30 bits per heavy atom. The predicted octanol–water partition coefficient (Wildman–Crippen LogP) is 7.03. The predicted molar refractivity (Wildman–Crippen MR) is 103 cm³/mol. The summed E-state index contributed by atoms with van der Waals surface area (Å²) in [7, 11) is 0. The fraction of sp³-hybridized carbons (Fsp3) is 0.773. The van der Waals surface area contributed by atoms with E-state index in [1.54, 1.807) is 0 Å². The van der Waals surface area contributed by atoms with Crippen LogP contribution in [0, 0.1) is 5.41 Å². The molecule has 1 nitrogen and oxygen atoms in total. The average molecular weight is 316 g/mol. The van der Waals surface area contributed by atoms with Crippen molar-refractivity contribution in [3.8, 4) is 0 Å². The van der Waals surface area contributed by atoms with E-state index in [4.69, 9.17) is 4.99 Å². The molecule has 0 N–H and O–H groups in total. The molecule has 1 saturated carbocycles. The lowest BCUT2D eigenvalue weighted by atomic mass is 9.68. The quantitative estimate of drug-likeness (QED) is 0.483. The molecule has 1 heterocycles. The first-order valence-electron chi connectivity index (χ1n) is 10.2. The van der Waals surface area contributed by atoms with Gasteiger partial charge in [-0.1, -0.05) is 56.9 Å². The monoisotopic (exact) mass is 315 g/mol. The molecule has 0 unspecified atom stereocenters. The van der Waals surface area contributed by atoms with Crippen LogP contribution in [0.4, 0.5) is 0 Å². The van der Waals surface area contributed by atoms with Crippen LogP contribution >= 0.6 is 0 Å². The zero-order valence-electron chi connectivity index (χ0n) is 15.4. The number of aliphatic imine (C=N–C) groups is 1. The highest BCUT2D eigenvalue weighted by molar-refractivity contribution is 5.84. The van der Waals surface area contributed by atoms with Crippen LogP contribution in [0.1, 0.15) is 96.8 Å². The smallest absolute Gasteiger partial charge is 0.0423 e. The molecule has 1 aliphatic heterocycles. The lowest BCUT2D eigenvalue weighted by Gasteiger charge is -2.37. The van der Waals surface area contributed by atoms with Gasteiger partial charge in [0.25, 0.3) is 0 Å². The van der Waals surface area contributed by atoms with Gasteiger partial charge in [0.1, 0.15) is 0 Å². The largest absolute Gasteiger partial charge is 0.294 e. The van der Waals surface area contributed by atoms with Gasteiger partial charge in [0, 0.05) is 12.3 Å². The summed E-state index contributed by atoms with van der Waals surface area (Å²) in [5, 5.41) is 0. The van der Waals surface area contributed by atoms with Crippen molar-refractivity contribution in [2.24, 2.45) is 10.4 Å². The summed E-state index contributed by atoms with van der Waals surface area (Å²) in [5.74, 6) is 0. The van der Waals surface area contributed by atoms with Crippen molar-refractivity contribution < 1.29 is 0 Å². The van der Waals surface area contributed by atoms with Gasteiger partial charge in [0.05, 0.1) is 0 Å². The normalized spacial score (nSPS) is 25.7. The average Bonchev–Trinajstić information content (AvgIpc) is 2.56. The first kappa shape index (κ1) is 18.5. The van der Waals surface area contributed by atoms with Gasteiger partial charge < -0.3 is 0 Å². The topological polar surface area (TPSA) is 12.4 Å². The zero-order valence-corrected chi connectivity index (χ0v) is 15.4. The number of rotatable bonds is 5. The molecule has 2 rings (SSSR count). The second-order valence-corrected chi connectivity index (χ2v) is 7.61. The van der Waals surface area contributed by atoms with Gasteiger partial charge in [-0.05, 0) is 69.6 Å². The van der Waals surface area contributed by atoms with E-state index in [1.807, 2.05) is 0 Å². The highest BCUT2D eigenvalue weighted by atomic mass is 14.7. The van der Waals surface area contributed by atoms with Gasteiger partial charge in [0.2, 0.25) is 0 Å². The molecule has 0 aromatic rings. The first-order chi connectivity index (χ1) is 11.3. The number of hydrogen-bond donors (Lipinski definition) is 0. The molecule has 130 valence electrons. The standard InChI is InChI=1S/C22H37N/c1-2-16-22(17-11-9-12-18-22)19-15-21-14-10-7-5-3-4-6-8-13-20-23-21/h5-8H,2-4,9-20H2,1H3/b7-5+,8-6+,23-21?. The number of hydrogen-bond acceptors (Lipinski definition) is 1. The maximum Gasteiger partial charge on any atom is 0.0423 e. The Morgan fingerprint density at radius 1 is 0.870 bits per heavy atom. The summed E-state index contributed by atoms with van der Waals surface area (Å²) >= 11 is 0. The summed E-state index contributed by atoms with van der Waals surface area (Å²) < 4.78 is 0. The van der Waals surface area contributed by atoms with Gasteiger partial charge >= 0.3 is 0 Å². The summed E-state index contributed by atoms with van der Waals surface area (Å²) in [6, 6.07) is 0. The molecule has 0 aromatic carbocycles. The van der Waals surface area contributed by atoms with Gasteiger partial charge in [-0.3, -0.25) is 4.99 Å². The molecule has 0 saturated heterocycles. The van der Waals surface area contributed by atoms with E-state index in [0.29, 0.717) is 5.41 Å². The minimum atomic E-state index is 0.648. The molecule has 1 aliphatic carbocycles. The van der Waals surface area contributed by atoms with Gasteiger partial charge in [-0.15, -0.1) is 0 Å². The Morgan fingerprint density at radius 2 is 1.57 bits per heavy atom. The SMILES string of the molecule is CCCC1(CCC2=NCC/C=C/CC/C=C/CC2)CCCCC1. The molecule has 23 heavy (non-hydrogen) atoms. The molecular formula is C22H37N.